The first kappa shape index (κ1) is 15.7. The summed E-state index contributed by atoms with van der Waals surface area (Å²) in [4.78, 5) is 14.2. The van der Waals surface area contributed by atoms with Gasteiger partial charge in [-0.2, -0.15) is 0 Å². The monoisotopic (exact) mass is 329 g/mol. The van der Waals surface area contributed by atoms with Crippen molar-refractivity contribution in [1.82, 2.24) is 4.90 Å². The lowest BCUT2D eigenvalue weighted by molar-refractivity contribution is 0.194. The van der Waals surface area contributed by atoms with Gasteiger partial charge in [0.25, 0.3) is 0 Å². The van der Waals surface area contributed by atoms with E-state index in [1.807, 2.05) is 35.2 Å². The van der Waals surface area contributed by atoms with E-state index in [9.17, 15) is 4.79 Å². The number of benzene rings is 2. The molecule has 1 aliphatic heterocycles. The molecule has 1 heterocycles. The number of carbonyl (C=O) groups is 1. The summed E-state index contributed by atoms with van der Waals surface area (Å²) in [5.41, 5.74) is 8.81. The van der Waals surface area contributed by atoms with Crippen LogP contribution in [0.1, 0.15) is 24.3 Å². The second kappa shape index (κ2) is 6.92. The molecule has 1 aliphatic rings. The van der Waals surface area contributed by atoms with Crippen molar-refractivity contribution in [3.63, 3.8) is 0 Å². The number of hydrogen-bond acceptors (Lipinski definition) is 2. The number of nitrogens with one attached hydrogen (secondary N) is 1. The minimum absolute atomic E-state index is 0.0771. The fourth-order valence-corrected chi connectivity index (χ4v) is 3.24. The van der Waals surface area contributed by atoms with Gasteiger partial charge in [-0.15, -0.1) is 0 Å². The zero-order valence-corrected chi connectivity index (χ0v) is 13.6. The molecule has 2 amide bonds. The molecule has 0 unspecified atom stereocenters. The van der Waals surface area contributed by atoms with Crippen LogP contribution in [-0.4, -0.2) is 24.0 Å². The quantitative estimate of drug-likeness (QED) is 0.805. The molecule has 0 aliphatic carbocycles. The molecule has 3 N–H and O–H groups in total. The van der Waals surface area contributed by atoms with Crippen LogP contribution in [0.3, 0.4) is 0 Å². The second-order valence-electron chi connectivity index (χ2n) is 5.83. The van der Waals surface area contributed by atoms with Gasteiger partial charge in [0.15, 0.2) is 0 Å². The zero-order valence-electron chi connectivity index (χ0n) is 12.8. The van der Waals surface area contributed by atoms with Gasteiger partial charge in [0.05, 0.1) is 0 Å². The first-order valence-corrected chi connectivity index (χ1v) is 8.17. The van der Waals surface area contributed by atoms with Crippen molar-refractivity contribution in [1.29, 1.82) is 0 Å². The summed E-state index contributed by atoms with van der Waals surface area (Å²) in [6.45, 7) is 1.46. The second-order valence-corrected chi connectivity index (χ2v) is 6.27. The van der Waals surface area contributed by atoms with Crippen LogP contribution in [0.4, 0.5) is 16.2 Å². The number of nitrogen functional groups attached to an aromatic ring is 1. The minimum atomic E-state index is -0.0771. The topological polar surface area (TPSA) is 58.4 Å². The van der Waals surface area contributed by atoms with Gasteiger partial charge in [0, 0.05) is 29.5 Å². The summed E-state index contributed by atoms with van der Waals surface area (Å²) >= 11 is 5.94. The minimum Gasteiger partial charge on any atom is -0.398 e. The van der Waals surface area contributed by atoms with Crippen LogP contribution in [0.15, 0.2) is 48.5 Å². The number of carbonyl (C=O) groups excluding carboxylic acids is 1. The highest BCUT2D eigenvalue weighted by molar-refractivity contribution is 6.30. The molecular formula is C18H20ClN3O. The predicted molar refractivity (Wildman–Crippen MR) is 94.9 cm³/mol. The van der Waals surface area contributed by atoms with E-state index < -0.39 is 0 Å². The molecule has 1 fully saturated rings. The van der Waals surface area contributed by atoms with E-state index in [1.165, 1.54) is 5.56 Å². The Kier molecular flexibility index (Phi) is 4.72. The van der Waals surface area contributed by atoms with Gasteiger partial charge < -0.3 is 16.0 Å². The van der Waals surface area contributed by atoms with Gasteiger partial charge in [-0.05, 0) is 48.6 Å². The van der Waals surface area contributed by atoms with Gasteiger partial charge in [-0.25, -0.2) is 4.79 Å². The number of nitrogens with two attached hydrogens (primary N) is 1. The van der Waals surface area contributed by atoms with Crippen LogP contribution in [0.25, 0.3) is 0 Å². The van der Waals surface area contributed by atoms with E-state index in [1.54, 1.807) is 12.1 Å². The maximum absolute atomic E-state index is 12.3. The highest BCUT2D eigenvalue weighted by Gasteiger charge is 2.24. The van der Waals surface area contributed by atoms with E-state index in [-0.39, 0.29) is 6.03 Å². The molecule has 23 heavy (non-hydrogen) atoms. The lowest BCUT2D eigenvalue weighted by atomic mass is 9.88. The number of urea groups is 1. The lowest BCUT2D eigenvalue weighted by Crippen LogP contribution is -2.40. The zero-order chi connectivity index (χ0) is 16.2. The molecule has 120 valence electrons. The maximum atomic E-state index is 12.3. The van der Waals surface area contributed by atoms with Gasteiger partial charge in [-0.1, -0.05) is 35.9 Å². The van der Waals surface area contributed by atoms with Crippen molar-refractivity contribution in [2.24, 2.45) is 0 Å². The third-order valence-electron chi connectivity index (χ3n) is 4.29. The molecule has 3 rings (SSSR count). The Morgan fingerprint density at radius 2 is 1.87 bits per heavy atom. The molecule has 2 aromatic carbocycles. The molecule has 1 saturated heterocycles. The maximum Gasteiger partial charge on any atom is 0.321 e. The van der Waals surface area contributed by atoms with Gasteiger partial charge in [0.1, 0.15) is 0 Å². The molecule has 4 nitrogen and oxygen atoms in total. The summed E-state index contributed by atoms with van der Waals surface area (Å²) in [5, 5.41) is 3.51. The fraction of sp³-hybridized carbons (Fsp3) is 0.278. The number of anilines is 2. The van der Waals surface area contributed by atoms with E-state index in [4.69, 9.17) is 17.3 Å². The molecular weight excluding hydrogens is 310 g/mol. The molecule has 0 spiro atoms. The molecule has 0 radical (unpaired) electrons. The standard InChI is InChI=1S/C18H20ClN3O/c19-14-4-3-5-15(12-14)21-18(23)22-10-8-13(9-11-22)16-6-1-2-7-17(16)20/h1-7,12-13H,8-11,20H2,(H,21,23). The van der Waals surface area contributed by atoms with Crippen LogP contribution in [-0.2, 0) is 0 Å². The van der Waals surface area contributed by atoms with Crippen LogP contribution in [0.5, 0.6) is 0 Å². The van der Waals surface area contributed by atoms with Gasteiger partial charge in [0.2, 0.25) is 0 Å². The number of halogens is 1. The van der Waals surface area contributed by atoms with Crippen molar-refractivity contribution >= 4 is 29.0 Å². The van der Waals surface area contributed by atoms with E-state index in [2.05, 4.69) is 11.4 Å². The first-order chi connectivity index (χ1) is 11.1. The summed E-state index contributed by atoms with van der Waals surface area (Å²) in [6.07, 6.45) is 1.86. The van der Waals surface area contributed by atoms with Crippen molar-refractivity contribution in [2.45, 2.75) is 18.8 Å². The molecule has 0 bridgehead atoms. The van der Waals surface area contributed by atoms with E-state index in [0.717, 1.165) is 37.3 Å². The number of rotatable bonds is 2. The van der Waals surface area contributed by atoms with Crippen molar-refractivity contribution in [3.8, 4) is 0 Å². The number of nitrogens with zero attached hydrogens (tertiary/aromatic N) is 1. The Morgan fingerprint density at radius 3 is 2.57 bits per heavy atom. The molecule has 0 saturated carbocycles. The average Bonchev–Trinajstić information content (AvgIpc) is 2.55. The summed E-state index contributed by atoms with van der Waals surface area (Å²) in [6, 6.07) is 15.1. The van der Waals surface area contributed by atoms with Crippen LogP contribution in [0.2, 0.25) is 5.02 Å². The first-order valence-electron chi connectivity index (χ1n) is 7.79. The largest absolute Gasteiger partial charge is 0.398 e. The predicted octanol–water partition coefficient (Wildman–Crippen LogP) is 4.33. The molecule has 0 aromatic heterocycles. The van der Waals surface area contributed by atoms with E-state index in [0.29, 0.717) is 10.9 Å². The van der Waals surface area contributed by atoms with Crippen molar-refractivity contribution < 1.29 is 4.79 Å². The fourth-order valence-electron chi connectivity index (χ4n) is 3.05. The number of likely N-dealkylation sites (tertiary alicyclic amines) is 1. The Morgan fingerprint density at radius 1 is 1.13 bits per heavy atom. The van der Waals surface area contributed by atoms with Gasteiger partial charge in [-0.3, -0.25) is 0 Å². The van der Waals surface area contributed by atoms with Crippen LogP contribution < -0.4 is 11.1 Å². The van der Waals surface area contributed by atoms with Crippen LogP contribution in [0, 0.1) is 0 Å². The Balaban J connectivity index is 1.58. The van der Waals surface area contributed by atoms with Crippen molar-refractivity contribution in [2.75, 3.05) is 24.1 Å². The Labute approximate surface area is 141 Å². The molecule has 5 heteroatoms. The normalized spacial score (nSPS) is 15.4. The van der Waals surface area contributed by atoms with Gasteiger partial charge >= 0.3 is 6.03 Å². The van der Waals surface area contributed by atoms with E-state index >= 15 is 0 Å². The summed E-state index contributed by atoms with van der Waals surface area (Å²) < 4.78 is 0. The molecule has 0 atom stereocenters. The summed E-state index contributed by atoms with van der Waals surface area (Å²) in [7, 11) is 0. The highest BCUT2D eigenvalue weighted by atomic mass is 35.5. The third-order valence-corrected chi connectivity index (χ3v) is 4.53. The summed E-state index contributed by atoms with van der Waals surface area (Å²) in [5.74, 6) is 0.423. The number of para-hydroxylation sites is 1. The number of piperidine rings is 1. The van der Waals surface area contributed by atoms with Crippen LogP contribution >= 0.6 is 11.6 Å². The highest BCUT2D eigenvalue weighted by Crippen LogP contribution is 2.31. The molecule has 2 aromatic rings. The third kappa shape index (κ3) is 3.77. The number of amides is 2. The Hall–Kier alpha value is -2.20. The lowest BCUT2D eigenvalue weighted by Gasteiger charge is -2.32. The Bertz CT molecular complexity index is 696. The van der Waals surface area contributed by atoms with Crippen molar-refractivity contribution in [3.05, 3.63) is 59.1 Å². The average molecular weight is 330 g/mol. The number of hydrogen-bond donors (Lipinski definition) is 2. The smallest absolute Gasteiger partial charge is 0.321 e. The SMILES string of the molecule is Nc1ccccc1C1CCN(C(=O)Nc2cccc(Cl)c2)CC1.